The monoisotopic (exact) mass is 462 g/mol. The quantitative estimate of drug-likeness (QED) is 0.240. The lowest BCUT2D eigenvalue weighted by Gasteiger charge is -2.10. The van der Waals surface area contributed by atoms with E-state index in [9.17, 15) is 4.79 Å². The van der Waals surface area contributed by atoms with Crippen molar-refractivity contribution in [2.24, 2.45) is 0 Å². The molecule has 2 N–H and O–H groups in total. The highest BCUT2D eigenvalue weighted by Gasteiger charge is 2.14. The highest BCUT2D eigenvalue weighted by atomic mass is 35.5. The molecule has 3 aromatic rings. The van der Waals surface area contributed by atoms with Crippen molar-refractivity contribution in [2.75, 3.05) is 37.4 Å². The average Bonchev–Trinajstić information content (AvgIpc) is 3.18. The first kappa shape index (κ1) is 23.3. The van der Waals surface area contributed by atoms with Crippen molar-refractivity contribution in [3.05, 3.63) is 41.0 Å². The molecule has 2 aromatic heterocycles. The summed E-state index contributed by atoms with van der Waals surface area (Å²) in [4.78, 5) is 21.7. The van der Waals surface area contributed by atoms with Gasteiger partial charge in [-0.05, 0) is 31.5 Å². The summed E-state index contributed by atoms with van der Waals surface area (Å²) in [7, 11) is 0. The maximum atomic E-state index is 12.3. The number of aromatic nitrogens is 4. The van der Waals surface area contributed by atoms with Crippen molar-refractivity contribution < 1.29 is 9.53 Å². The lowest BCUT2D eigenvalue weighted by molar-refractivity contribution is 0.0952. The number of hydrogen-bond acceptors (Lipinski definition) is 7. The van der Waals surface area contributed by atoms with Crippen molar-refractivity contribution in [1.82, 2.24) is 25.1 Å². The standard InChI is InChI=1S/C21H27ClN6O2S/c1-3-12-31-21-26-18(23-9-11-30-4-2)17-14-25-28(19(17)27-21)10-8-24-20(29)15-6-5-7-16(22)13-15/h5-7,13-14H,3-4,8-12H2,1-2H3,(H,24,29)(H,23,26,27). The van der Waals surface area contributed by atoms with Crippen LogP contribution in [0.3, 0.4) is 0 Å². The number of ether oxygens (including phenoxy) is 1. The van der Waals surface area contributed by atoms with E-state index in [0.717, 1.165) is 29.0 Å². The van der Waals surface area contributed by atoms with E-state index in [1.54, 1.807) is 46.9 Å². The van der Waals surface area contributed by atoms with Crippen LogP contribution in [-0.4, -0.2) is 57.7 Å². The number of fused-ring (bicyclic) bond motifs is 1. The number of benzene rings is 1. The van der Waals surface area contributed by atoms with Crippen LogP contribution >= 0.6 is 23.4 Å². The molecular formula is C21H27ClN6O2S. The molecule has 2 heterocycles. The number of rotatable bonds is 12. The summed E-state index contributed by atoms with van der Waals surface area (Å²) in [6.45, 7) is 6.93. The Kier molecular flexibility index (Phi) is 8.93. The van der Waals surface area contributed by atoms with Crippen molar-refractivity contribution >= 4 is 46.1 Å². The molecule has 1 aromatic carbocycles. The van der Waals surface area contributed by atoms with E-state index in [1.165, 1.54) is 0 Å². The summed E-state index contributed by atoms with van der Waals surface area (Å²) in [6.07, 6.45) is 2.79. The number of thioether (sulfide) groups is 1. The normalized spacial score (nSPS) is 11.1. The summed E-state index contributed by atoms with van der Waals surface area (Å²) in [5.41, 5.74) is 1.27. The largest absolute Gasteiger partial charge is 0.380 e. The van der Waals surface area contributed by atoms with E-state index in [-0.39, 0.29) is 5.91 Å². The first-order valence-corrected chi connectivity index (χ1v) is 11.7. The lowest BCUT2D eigenvalue weighted by Crippen LogP contribution is -2.27. The third kappa shape index (κ3) is 6.56. The first-order valence-electron chi connectivity index (χ1n) is 10.3. The molecule has 3 rings (SSSR count). The minimum absolute atomic E-state index is 0.175. The number of nitrogens with one attached hydrogen (secondary N) is 2. The minimum atomic E-state index is -0.175. The molecule has 0 aliphatic heterocycles. The Morgan fingerprint density at radius 3 is 2.90 bits per heavy atom. The third-order valence-corrected chi connectivity index (χ3v) is 5.64. The topological polar surface area (TPSA) is 94.0 Å². The molecule has 0 saturated carbocycles. The summed E-state index contributed by atoms with van der Waals surface area (Å²) in [6, 6.07) is 6.87. The Labute approximate surface area is 191 Å². The van der Waals surface area contributed by atoms with Gasteiger partial charge in [0.2, 0.25) is 0 Å². The van der Waals surface area contributed by atoms with E-state index < -0.39 is 0 Å². The number of nitrogens with zero attached hydrogens (tertiary/aromatic N) is 4. The van der Waals surface area contributed by atoms with Crippen LogP contribution in [0, 0.1) is 0 Å². The van der Waals surface area contributed by atoms with Crippen molar-refractivity contribution in [3.8, 4) is 0 Å². The molecule has 1 amide bonds. The van der Waals surface area contributed by atoms with Gasteiger partial charge in [-0.25, -0.2) is 14.6 Å². The van der Waals surface area contributed by atoms with Crippen LogP contribution in [-0.2, 0) is 11.3 Å². The van der Waals surface area contributed by atoms with E-state index in [0.29, 0.717) is 48.6 Å². The molecule has 0 aliphatic rings. The molecule has 10 heteroatoms. The lowest BCUT2D eigenvalue weighted by atomic mass is 10.2. The first-order chi connectivity index (χ1) is 15.1. The summed E-state index contributed by atoms with van der Waals surface area (Å²) < 4.78 is 7.20. The fraction of sp³-hybridized carbons (Fsp3) is 0.429. The SMILES string of the molecule is CCCSc1nc(NCCOCC)c2cnn(CCNC(=O)c3cccc(Cl)c3)c2n1. The van der Waals surface area contributed by atoms with Crippen LogP contribution < -0.4 is 10.6 Å². The fourth-order valence-corrected chi connectivity index (χ4v) is 3.77. The predicted molar refractivity (Wildman–Crippen MR) is 125 cm³/mol. The van der Waals surface area contributed by atoms with E-state index in [4.69, 9.17) is 21.3 Å². The van der Waals surface area contributed by atoms with Gasteiger partial charge in [0.05, 0.1) is 24.7 Å². The second-order valence-electron chi connectivity index (χ2n) is 6.70. The van der Waals surface area contributed by atoms with Crippen LogP contribution in [0.5, 0.6) is 0 Å². The summed E-state index contributed by atoms with van der Waals surface area (Å²) in [5, 5.41) is 12.8. The van der Waals surface area contributed by atoms with Gasteiger partial charge in [-0.15, -0.1) is 0 Å². The molecule has 0 bridgehead atoms. The minimum Gasteiger partial charge on any atom is -0.380 e. The molecule has 0 unspecified atom stereocenters. The molecule has 0 fully saturated rings. The maximum absolute atomic E-state index is 12.3. The van der Waals surface area contributed by atoms with Gasteiger partial charge in [0.25, 0.3) is 5.91 Å². The number of hydrogen-bond donors (Lipinski definition) is 2. The molecular weight excluding hydrogens is 436 g/mol. The Morgan fingerprint density at radius 2 is 2.13 bits per heavy atom. The van der Waals surface area contributed by atoms with Crippen LogP contribution in [0.1, 0.15) is 30.6 Å². The van der Waals surface area contributed by atoms with Crippen molar-refractivity contribution in [2.45, 2.75) is 32.0 Å². The number of carbonyl (C=O) groups is 1. The number of carbonyl (C=O) groups excluding carboxylic acids is 1. The predicted octanol–water partition coefficient (Wildman–Crippen LogP) is 3.86. The van der Waals surface area contributed by atoms with E-state index in [1.807, 2.05) is 6.92 Å². The summed E-state index contributed by atoms with van der Waals surface area (Å²) in [5.74, 6) is 1.51. The highest BCUT2D eigenvalue weighted by molar-refractivity contribution is 7.99. The molecule has 0 atom stereocenters. The van der Waals surface area contributed by atoms with Gasteiger partial charge < -0.3 is 15.4 Å². The Bertz CT molecular complexity index is 1010. The third-order valence-electron chi connectivity index (χ3n) is 4.35. The van der Waals surface area contributed by atoms with Gasteiger partial charge in [0.1, 0.15) is 5.82 Å². The van der Waals surface area contributed by atoms with Gasteiger partial charge in [-0.1, -0.05) is 36.4 Å². The molecule has 0 saturated heterocycles. The van der Waals surface area contributed by atoms with E-state index in [2.05, 4.69) is 27.6 Å². The average molecular weight is 463 g/mol. The number of anilines is 1. The zero-order valence-corrected chi connectivity index (χ0v) is 19.3. The zero-order chi connectivity index (χ0) is 22.1. The van der Waals surface area contributed by atoms with Crippen molar-refractivity contribution in [1.29, 1.82) is 0 Å². The van der Waals surface area contributed by atoms with Gasteiger partial charge in [0, 0.05) is 36.0 Å². The number of halogens is 1. The molecule has 166 valence electrons. The van der Waals surface area contributed by atoms with Crippen molar-refractivity contribution in [3.63, 3.8) is 0 Å². The van der Waals surface area contributed by atoms with Crippen LogP contribution in [0.15, 0.2) is 35.6 Å². The fourth-order valence-electron chi connectivity index (χ4n) is 2.88. The maximum Gasteiger partial charge on any atom is 0.251 e. The highest BCUT2D eigenvalue weighted by Crippen LogP contribution is 2.24. The smallest absolute Gasteiger partial charge is 0.251 e. The molecule has 0 radical (unpaired) electrons. The molecule has 0 spiro atoms. The van der Waals surface area contributed by atoms with E-state index >= 15 is 0 Å². The Balaban J connectivity index is 1.71. The van der Waals surface area contributed by atoms with Crippen LogP contribution in [0.2, 0.25) is 5.02 Å². The molecule has 8 nitrogen and oxygen atoms in total. The Hall–Kier alpha value is -2.36. The van der Waals surface area contributed by atoms with Gasteiger partial charge >= 0.3 is 0 Å². The second-order valence-corrected chi connectivity index (χ2v) is 8.20. The Morgan fingerprint density at radius 1 is 1.26 bits per heavy atom. The van der Waals surface area contributed by atoms with Crippen LogP contribution in [0.4, 0.5) is 5.82 Å². The van der Waals surface area contributed by atoms with Crippen LogP contribution in [0.25, 0.3) is 11.0 Å². The molecule has 31 heavy (non-hydrogen) atoms. The summed E-state index contributed by atoms with van der Waals surface area (Å²) >= 11 is 7.58. The van der Waals surface area contributed by atoms with Gasteiger partial charge in [-0.2, -0.15) is 5.10 Å². The van der Waals surface area contributed by atoms with Gasteiger partial charge in [0.15, 0.2) is 10.8 Å². The van der Waals surface area contributed by atoms with Gasteiger partial charge in [-0.3, -0.25) is 4.79 Å². The molecule has 0 aliphatic carbocycles. The second kappa shape index (κ2) is 11.9. The number of amides is 1. The zero-order valence-electron chi connectivity index (χ0n) is 17.7.